The molecule has 0 spiro atoms. The maximum atomic E-state index is 12.3. The van der Waals surface area contributed by atoms with Gasteiger partial charge in [-0.15, -0.1) is 0 Å². The minimum atomic E-state index is -1.09. The van der Waals surface area contributed by atoms with Crippen LogP contribution in [0.2, 0.25) is 0 Å². The first kappa shape index (κ1) is 22.3. The number of carboxylic acid groups (broad SMARTS) is 1. The molecule has 0 unspecified atom stereocenters. The zero-order valence-corrected chi connectivity index (χ0v) is 20.2. The van der Waals surface area contributed by atoms with E-state index in [1.54, 1.807) is 17.2 Å². The lowest BCUT2D eigenvalue weighted by atomic mass is 10.0. The summed E-state index contributed by atoms with van der Waals surface area (Å²) in [5.41, 5.74) is 2.35. The third-order valence-electron chi connectivity index (χ3n) is 5.13. The summed E-state index contributed by atoms with van der Waals surface area (Å²) in [6.45, 7) is 8.13. The summed E-state index contributed by atoms with van der Waals surface area (Å²) in [6, 6.07) is 9.45. The third-order valence-corrected chi connectivity index (χ3v) is 5.86. The maximum absolute atomic E-state index is 12.3. The summed E-state index contributed by atoms with van der Waals surface area (Å²) in [5.74, 6) is -1.09. The Kier molecular flexibility index (Phi) is 5.97. The number of imidazole rings is 1. The summed E-state index contributed by atoms with van der Waals surface area (Å²) < 4.78 is 7.72. The van der Waals surface area contributed by atoms with Crippen molar-refractivity contribution in [3.05, 3.63) is 45.9 Å². The normalized spacial score (nSPS) is 14.6. The second-order valence-corrected chi connectivity index (χ2v) is 9.67. The number of amides is 1. The quantitative estimate of drug-likeness (QED) is 0.497. The minimum Gasteiger partial charge on any atom is -0.476 e. The molecule has 0 aliphatic carbocycles. The molecule has 3 heterocycles. The molecule has 1 amide bonds. The number of hydrogen-bond acceptors (Lipinski definition) is 6. The molecule has 1 saturated heterocycles. The average molecular weight is 549 g/mol. The van der Waals surface area contributed by atoms with Gasteiger partial charge in [0.15, 0.2) is 11.3 Å². The van der Waals surface area contributed by atoms with E-state index in [1.807, 2.05) is 45.0 Å². The van der Waals surface area contributed by atoms with Gasteiger partial charge in [0, 0.05) is 37.4 Å². The van der Waals surface area contributed by atoms with Gasteiger partial charge in [0.05, 0.1) is 6.20 Å². The molecule has 168 valence electrons. The van der Waals surface area contributed by atoms with Crippen LogP contribution < -0.4 is 4.90 Å². The molecule has 4 rings (SSSR count). The number of rotatable bonds is 3. The molecule has 1 aliphatic heterocycles. The predicted molar refractivity (Wildman–Crippen MR) is 128 cm³/mol. The number of carboxylic acids is 1. The molecule has 3 aromatic rings. The van der Waals surface area contributed by atoms with E-state index in [1.165, 1.54) is 4.52 Å². The van der Waals surface area contributed by atoms with Crippen LogP contribution >= 0.6 is 22.6 Å². The molecule has 1 N–H and O–H groups in total. The van der Waals surface area contributed by atoms with Gasteiger partial charge in [0.25, 0.3) is 0 Å². The Balaban J connectivity index is 1.50. The van der Waals surface area contributed by atoms with E-state index in [0.717, 1.165) is 15.0 Å². The number of benzene rings is 1. The fourth-order valence-corrected chi connectivity index (χ4v) is 4.08. The van der Waals surface area contributed by atoms with Crippen molar-refractivity contribution in [1.29, 1.82) is 0 Å². The van der Waals surface area contributed by atoms with Crippen LogP contribution in [0.1, 0.15) is 31.3 Å². The highest BCUT2D eigenvalue weighted by molar-refractivity contribution is 14.1. The molecule has 1 aromatic carbocycles. The van der Waals surface area contributed by atoms with Crippen LogP contribution in [0.4, 0.5) is 10.5 Å². The highest BCUT2D eigenvalue weighted by Gasteiger charge is 2.26. The van der Waals surface area contributed by atoms with Crippen molar-refractivity contribution in [2.75, 3.05) is 31.1 Å². The van der Waals surface area contributed by atoms with Gasteiger partial charge in [-0.2, -0.15) is 5.10 Å². The van der Waals surface area contributed by atoms with Gasteiger partial charge in [-0.25, -0.2) is 19.1 Å². The molecule has 32 heavy (non-hydrogen) atoms. The van der Waals surface area contributed by atoms with Crippen LogP contribution in [0, 0.1) is 3.70 Å². The second kappa shape index (κ2) is 8.57. The van der Waals surface area contributed by atoms with Crippen LogP contribution in [0.25, 0.3) is 16.8 Å². The lowest BCUT2D eigenvalue weighted by molar-refractivity contribution is 0.0240. The van der Waals surface area contributed by atoms with Gasteiger partial charge in [-0.1, -0.05) is 12.1 Å². The van der Waals surface area contributed by atoms with E-state index in [-0.39, 0.29) is 11.8 Å². The summed E-state index contributed by atoms with van der Waals surface area (Å²) in [7, 11) is 0. The standard InChI is InChI=1S/C22H24IN5O4/c1-22(2,3)32-21(31)27-10-8-26(9-11-27)15-6-4-14(5-7-15)16-12-18-24-13-17(23)28(18)25-19(16)20(29)30/h4-7,12-13H,8-11H2,1-3H3,(H,29,30). The van der Waals surface area contributed by atoms with E-state index in [4.69, 9.17) is 4.74 Å². The first-order valence-corrected chi connectivity index (χ1v) is 11.3. The highest BCUT2D eigenvalue weighted by atomic mass is 127. The van der Waals surface area contributed by atoms with Crippen molar-refractivity contribution in [3.8, 4) is 11.1 Å². The number of anilines is 1. The van der Waals surface area contributed by atoms with Gasteiger partial charge in [-0.05, 0) is 67.1 Å². The number of fused-ring (bicyclic) bond motifs is 1. The van der Waals surface area contributed by atoms with Crippen molar-refractivity contribution in [2.45, 2.75) is 26.4 Å². The van der Waals surface area contributed by atoms with Crippen molar-refractivity contribution >= 4 is 46.0 Å². The van der Waals surface area contributed by atoms with E-state index >= 15 is 0 Å². The first-order chi connectivity index (χ1) is 15.1. The molecule has 0 bridgehead atoms. The lowest BCUT2D eigenvalue weighted by Crippen LogP contribution is -2.50. The van der Waals surface area contributed by atoms with Crippen LogP contribution in [0.3, 0.4) is 0 Å². The fourth-order valence-electron chi connectivity index (χ4n) is 3.59. The Morgan fingerprint density at radius 2 is 1.75 bits per heavy atom. The summed E-state index contributed by atoms with van der Waals surface area (Å²) in [4.78, 5) is 32.3. The van der Waals surface area contributed by atoms with Gasteiger partial charge in [0.2, 0.25) is 0 Å². The largest absolute Gasteiger partial charge is 0.476 e. The third kappa shape index (κ3) is 4.64. The summed E-state index contributed by atoms with van der Waals surface area (Å²) in [6.07, 6.45) is 1.36. The van der Waals surface area contributed by atoms with Crippen molar-refractivity contribution in [3.63, 3.8) is 0 Å². The molecule has 0 saturated carbocycles. The van der Waals surface area contributed by atoms with E-state index in [9.17, 15) is 14.7 Å². The monoisotopic (exact) mass is 549 g/mol. The van der Waals surface area contributed by atoms with Crippen molar-refractivity contribution in [2.24, 2.45) is 0 Å². The van der Waals surface area contributed by atoms with Crippen LogP contribution in [-0.4, -0.2) is 68.4 Å². The number of aromatic carboxylic acids is 1. The molecule has 2 aromatic heterocycles. The zero-order chi connectivity index (χ0) is 23.0. The number of ether oxygens (including phenoxy) is 1. The summed E-state index contributed by atoms with van der Waals surface area (Å²) in [5, 5.41) is 13.9. The Bertz CT molecular complexity index is 1160. The molecular weight excluding hydrogens is 525 g/mol. The Hall–Kier alpha value is -2.89. The van der Waals surface area contributed by atoms with Crippen LogP contribution in [0.5, 0.6) is 0 Å². The van der Waals surface area contributed by atoms with E-state index in [0.29, 0.717) is 37.4 Å². The Morgan fingerprint density at radius 1 is 1.09 bits per heavy atom. The summed E-state index contributed by atoms with van der Waals surface area (Å²) >= 11 is 2.07. The average Bonchev–Trinajstić information content (AvgIpc) is 3.12. The number of carbonyl (C=O) groups excluding carboxylic acids is 1. The lowest BCUT2D eigenvalue weighted by Gasteiger charge is -2.36. The van der Waals surface area contributed by atoms with Crippen molar-refractivity contribution in [1.82, 2.24) is 19.5 Å². The minimum absolute atomic E-state index is 0.0212. The highest BCUT2D eigenvalue weighted by Crippen LogP contribution is 2.27. The molecule has 10 heteroatoms. The maximum Gasteiger partial charge on any atom is 0.410 e. The molecule has 1 fully saturated rings. The molecule has 9 nitrogen and oxygen atoms in total. The van der Waals surface area contributed by atoms with Gasteiger partial charge in [0.1, 0.15) is 9.30 Å². The van der Waals surface area contributed by atoms with Crippen LogP contribution in [-0.2, 0) is 4.74 Å². The number of piperazine rings is 1. The first-order valence-electron chi connectivity index (χ1n) is 10.2. The van der Waals surface area contributed by atoms with Gasteiger partial charge >= 0.3 is 12.1 Å². The van der Waals surface area contributed by atoms with Crippen LogP contribution in [0.15, 0.2) is 36.5 Å². The predicted octanol–water partition coefficient (Wildman–Crippen LogP) is 3.76. The smallest absolute Gasteiger partial charge is 0.410 e. The fraction of sp³-hybridized carbons (Fsp3) is 0.364. The van der Waals surface area contributed by atoms with Crippen molar-refractivity contribution < 1.29 is 19.4 Å². The molecule has 1 aliphatic rings. The SMILES string of the molecule is CC(C)(C)OC(=O)N1CCN(c2ccc(-c3cc4ncc(I)n4nc3C(=O)O)cc2)CC1. The number of aromatic nitrogens is 3. The number of nitrogens with zero attached hydrogens (tertiary/aromatic N) is 5. The van der Waals surface area contributed by atoms with Gasteiger partial charge < -0.3 is 19.6 Å². The Morgan fingerprint density at radius 3 is 2.34 bits per heavy atom. The number of halogens is 1. The zero-order valence-electron chi connectivity index (χ0n) is 18.1. The second-order valence-electron chi connectivity index (χ2n) is 8.56. The Labute approximate surface area is 199 Å². The molecular formula is C22H24IN5O4. The van der Waals surface area contributed by atoms with E-state index in [2.05, 4.69) is 37.6 Å². The topological polar surface area (TPSA) is 100 Å². The van der Waals surface area contributed by atoms with E-state index < -0.39 is 11.6 Å². The van der Waals surface area contributed by atoms with Gasteiger partial charge in [-0.3, -0.25) is 0 Å². The molecule has 0 atom stereocenters. The number of carbonyl (C=O) groups is 2. The number of hydrogen-bond donors (Lipinski definition) is 1. The molecule has 0 radical (unpaired) electrons.